The number of hydrogen-bond acceptors (Lipinski definition) is 3. The predicted octanol–water partition coefficient (Wildman–Crippen LogP) is 5.21. The van der Waals surface area contributed by atoms with E-state index < -0.39 is 5.97 Å². The smallest absolute Gasteiger partial charge is 0.338 e. The molecule has 1 amide bonds. The number of anilines is 1. The van der Waals surface area contributed by atoms with Crippen LogP contribution in [0.15, 0.2) is 48.5 Å². The fourth-order valence-electron chi connectivity index (χ4n) is 2.10. The van der Waals surface area contributed by atoms with Crippen LogP contribution in [-0.2, 0) is 9.53 Å². The topological polar surface area (TPSA) is 55.4 Å². The summed E-state index contributed by atoms with van der Waals surface area (Å²) >= 11 is 11.9. The number of halogens is 2. The van der Waals surface area contributed by atoms with Crippen LogP contribution < -0.4 is 5.32 Å². The number of carbonyl (C=O) groups is 2. The number of benzene rings is 2. The Morgan fingerprint density at radius 3 is 2.28 bits per heavy atom. The first-order chi connectivity index (χ1) is 11.9. The minimum absolute atomic E-state index is 0.285. The Morgan fingerprint density at radius 1 is 1.04 bits per heavy atom. The lowest BCUT2D eigenvalue weighted by atomic mass is 10.1. The lowest BCUT2D eigenvalue weighted by Gasteiger charge is -2.06. The third-order valence-electron chi connectivity index (χ3n) is 3.39. The number of hydrogen-bond donors (Lipinski definition) is 1. The molecule has 1 N–H and O–H groups in total. The average Bonchev–Trinajstić information content (AvgIpc) is 2.58. The van der Waals surface area contributed by atoms with Crippen LogP contribution in [0.2, 0.25) is 10.0 Å². The molecule has 2 aromatic rings. The molecule has 2 rings (SSSR count). The van der Waals surface area contributed by atoms with Crippen molar-refractivity contribution in [1.29, 1.82) is 0 Å². The van der Waals surface area contributed by atoms with Crippen molar-refractivity contribution in [3.8, 4) is 0 Å². The second kappa shape index (κ2) is 8.70. The number of rotatable bonds is 5. The number of amides is 1. The largest absolute Gasteiger partial charge is 0.462 e. The molecule has 6 heteroatoms. The average molecular weight is 378 g/mol. The SMILES string of the molecule is CCOC(=O)c1ccc(NC(=O)C=C(C)c2ccc(Cl)c(Cl)c2)cc1. The van der Waals surface area contributed by atoms with Crippen LogP contribution in [0.4, 0.5) is 5.69 Å². The van der Waals surface area contributed by atoms with Gasteiger partial charge in [0.25, 0.3) is 0 Å². The number of carbonyl (C=O) groups excluding carboxylic acids is 2. The van der Waals surface area contributed by atoms with Crippen LogP contribution in [0.1, 0.15) is 29.8 Å². The molecule has 0 saturated carbocycles. The summed E-state index contributed by atoms with van der Waals surface area (Å²) in [6.45, 7) is 3.87. The highest BCUT2D eigenvalue weighted by molar-refractivity contribution is 6.42. The third kappa shape index (κ3) is 5.34. The zero-order chi connectivity index (χ0) is 18.4. The van der Waals surface area contributed by atoms with Crippen molar-refractivity contribution in [2.45, 2.75) is 13.8 Å². The second-order valence-electron chi connectivity index (χ2n) is 5.24. The van der Waals surface area contributed by atoms with E-state index in [1.807, 2.05) is 6.92 Å². The highest BCUT2D eigenvalue weighted by atomic mass is 35.5. The van der Waals surface area contributed by atoms with Gasteiger partial charge < -0.3 is 10.1 Å². The van der Waals surface area contributed by atoms with Crippen molar-refractivity contribution in [1.82, 2.24) is 0 Å². The number of ether oxygens (including phenoxy) is 1. The van der Waals surface area contributed by atoms with Gasteiger partial charge in [0.15, 0.2) is 0 Å². The maximum Gasteiger partial charge on any atom is 0.338 e. The van der Waals surface area contributed by atoms with Crippen LogP contribution in [0.25, 0.3) is 5.57 Å². The van der Waals surface area contributed by atoms with Gasteiger partial charge in [-0.15, -0.1) is 0 Å². The third-order valence-corrected chi connectivity index (χ3v) is 4.13. The lowest BCUT2D eigenvalue weighted by Crippen LogP contribution is -2.09. The molecule has 0 bridgehead atoms. The molecule has 0 aliphatic heterocycles. The molecule has 0 saturated heterocycles. The van der Waals surface area contributed by atoms with Crippen LogP contribution in [-0.4, -0.2) is 18.5 Å². The summed E-state index contributed by atoms with van der Waals surface area (Å²) in [5.74, 6) is -0.678. The molecular formula is C19H17Cl2NO3. The van der Waals surface area contributed by atoms with Gasteiger partial charge in [-0.1, -0.05) is 29.3 Å². The van der Waals surface area contributed by atoms with E-state index in [0.717, 1.165) is 11.1 Å². The second-order valence-corrected chi connectivity index (χ2v) is 6.06. The van der Waals surface area contributed by atoms with Gasteiger partial charge in [-0.3, -0.25) is 4.79 Å². The van der Waals surface area contributed by atoms with E-state index in [2.05, 4.69) is 5.32 Å². The van der Waals surface area contributed by atoms with E-state index >= 15 is 0 Å². The summed E-state index contributed by atoms with van der Waals surface area (Å²) < 4.78 is 4.91. The van der Waals surface area contributed by atoms with Gasteiger partial charge in [0.1, 0.15) is 0 Å². The number of esters is 1. The van der Waals surface area contributed by atoms with E-state index in [4.69, 9.17) is 27.9 Å². The Kier molecular flexibility index (Phi) is 6.62. The maximum absolute atomic E-state index is 12.1. The Labute approximate surface area is 156 Å². The molecule has 0 heterocycles. The van der Waals surface area contributed by atoms with Crippen LogP contribution in [0.3, 0.4) is 0 Å². The van der Waals surface area contributed by atoms with Gasteiger partial charge in [0, 0.05) is 11.8 Å². The standard InChI is InChI=1S/C19H17Cl2NO3/c1-3-25-19(24)13-4-7-15(8-5-13)22-18(23)10-12(2)14-6-9-16(20)17(21)11-14/h4-11H,3H2,1-2H3,(H,22,23). The molecule has 0 aliphatic carbocycles. The van der Waals surface area contributed by atoms with Gasteiger partial charge in [0.2, 0.25) is 5.91 Å². The Balaban J connectivity index is 2.06. The summed E-state index contributed by atoms with van der Waals surface area (Å²) in [4.78, 5) is 23.7. The Hall–Kier alpha value is -2.30. The zero-order valence-electron chi connectivity index (χ0n) is 13.8. The molecule has 0 aliphatic rings. The fourth-order valence-corrected chi connectivity index (χ4v) is 2.40. The quantitative estimate of drug-likeness (QED) is 0.574. The van der Waals surface area contributed by atoms with Crippen molar-refractivity contribution in [3.63, 3.8) is 0 Å². The van der Waals surface area contributed by atoms with Gasteiger partial charge in [-0.2, -0.15) is 0 Å². The molecule has 0 unspecified atom stereocenters. The zero-order valence-corrected chi connectivity index (χ0v) is 15.3. The first kappa shape index (κ1) is 19.0. The molecule has 130 valence electrons. The van der Waals surface area contributed by atoms with Crippen molar-refractivity contribution < 1.29 is 14.3 Å². The Bertz CT molecular complexity index is 814. The van der Waals surface area contributed by atoms with Gasteiger partial charge in [-0.25, -0.2) is 4.79 Å². The van der Waals surface area contributed by atoms with E-state index in [1.165, 1.54) is 6.08 Å². The van der Waals surface area contributed by atoms with Crippen molar-refractivity contribution in [3.05, 3.63) is 69.7 Å². The van der Waals surface area contributed by atoms with Crippen molar-refractivity contribution in [2.75, 3.05) is 11.9 Å². The Morgan fingerprint density at radius 2 is 1.68 bits per heavy atom. The van der Waals surface area contributed by atoms with Crippen LogP contribution in [0, 0.1) is 0 Å². The summed E-state index contributed by atoms with van der Waals surface area (Å²) in [7, 11) is 0. The van der Waals surface area contributed by atoms with Gasteiger partial charge in [0.05, 0.1) is 22.2 Å². The molecular weight excluding hydrogens is 361 g/mol. The molecule has 0 spiro atoms. The number of allylic oxidation sites excluding steroid dienone is 1. The normalized spacial score (nSPS) is 11.1. The van der Waals surface area contributed by atoms with Gasteiger partial charge >= 0.3 is 5.97 Å². The van der Waals surface area contributed by atoms with E-state index in [9.17, 15) is 9.59 Å². The molecule has 0 radical (unpaired) electrons. The van der Waals surface area contributed by atoms with Crippen LogP contribution in [0.5, 0.6) is 0 Å². The molecule has 25 heavy (non-hydrogen) atoms. The number of nitrogens with one attached hydrogen (secondary N) is 1. The van der Waals surface area contributed by atoms with E-state index in [1.54, 1.807) is 49.4 Å². The van der Waals surface area contributed by atoms with Crippen LogP contribution >= 0.6 is 23.2 Å². The van der Waals surface area contributed by atoms with Crippen molar-refractivity contribution >= 4 is 46.3 Å². The lowest BCUT2D eigenvalue weighted by molar-refractivity contribution is -0.111. The fraction of sp³-hybridized carbons (Fsp3) is 0.158. The molecule has 2 aromatic carbocycles. The predicted molar refractivity (Wildman–Crippen MR) is 101 cm³/mol. The molecule has 0 aromatic heterocycles. The monoisotopic (exact) mass is 377 g/mol. The molecule has 0 atom stereocenters. The first-order valence-corrected chi connectivity index (χ1v) is 8.38. The van der Waals surface area contributed by atoms with Crippen molar-refractivity contribution in [2.24, 2.45) is 0 Å². The summed E-state index contributed by atoms with van der Waals surface area (Å²) in [5, 5.41) is 3.63. The minimum atomic E-state index is -0.393. The highest BCUT2D eigenvalue weighted by Gasteiger charge is 2.07. The molecule has 0 fully saturated rings. The minimum Gasteiger partial charge on any atom is -0.462 e. The summed E-state index contributed by atoms with van der Waals surface area (Å²) in [5.41, 5.74) is 2.57. The summed E-state index contributed by atoms with van der Waals surface area (Å²) in [6.07, 6.45) is 1.47. The maximum atomic E-state index is 12.1. The van der Waals surface area contributed by atoms with E-state index in [0.29, 0.717) is 27.9 Å². The van der Waals surface area contributed by atoms with E-state index in [-0.39, 0.29) is 5.91 Å². The summed E-state index contributed by atoms with van der Waals surface area (Å²) in [6, 6.07) is 11.7. The molecule has 4 nitrogen and oxygen atoms in total. The highest BCUT2D eigenvalue weighted by Crippen LogP contribution is 2.26. The van der Waals surface area contributed by atoms with Gasteiger partial charge in [-0.05, 0) is 61.4 Å². The first-order valence-electron chi connectivity index (χ1n) is 7.62.